The molecule has 60 valence electrons. The predicted molar refractivity (Wildman–Crippen MR) is 27.0 cm³/mol. The molecule has 0 aromatic rings. The SMILES string of the molecule is O=[N+]([O-])C(O)(O)CC(O)O. The van der Waals surface area contributed by atoms with Gasteiger partial charge in [0.1, 0.15) is 6.42 Å². The highest BCUT2D eigenvalue weighted by atomic mass is 16.7. The molecule has 0 aliphatic rings. The molecule has 0 bridgehead atoms. The first-order valence-electron chi connectivity index (χ1n) is 2.31. The lowest BCUT2D eigenvalue weighted by atomic mass is 10.3. The Kier molecular flexibility index (Phi) is 2.66. The molecule has 0 radical (unpaired) electrons. The molecule has 0 aliphatic heterocycles. The summed E-state index contributed by atoms with van der Waals surface area (Å²) in [5.41, 5.74) is 0. The van der Waals surface area contributed by atoms with E-state index in [1.54, 1.807) is 0 Å². The van der Waals surface area contributed by atoms with Crippen LogP contribution >= 0.6 is 0 Å². The summed E-state index contributed by atoms with van der Waals surface area (Å²) >= 11 is 0. The number of nitro groups is 1. The van der Waals surface area contributed by atoms with Gasteiger partial charge in [0.15, 0.2) is 6.29 Å². The summed E-state index contributed by atoms with van der Waals surface area (Å²) < 4.78 is 0. The molecular weight excluding hydrogens is 146 g/mol. The summed E-state index contributed by atoms with van der Waals surface area (Å²) in [6, 6.07) is 0. The number of hydrogen-bond acceptors (Lipinski definition) is 6. The second kappa shape index (κ2) is 2.88. The summed E-state index contributed by atoms with van der Waals surface area (Å²) in [6.07, 6.45) is -3.25. The highest BCUT2D eigenvalue weighted by molar-refractivity contribution is 4.49. The van der Waals surface area contributed by atoms with Crippen molar-refractivity contribution in [1.29, 1.82) is 0 Å². The number of aliphatic hydroxyl groups excluding tert-OH is 1. The second-order valence-electron chi connectivity index (χ2n) is 1.72. The van der Waals surface area contributed by atoms with E-state index >= 15 is 0 Å². The lowest BCUT2D eigenvalue weighted by molar-refractivity contribution is -0.687. The number of nitrogens with zero attached hydrogens (tertiary/aromatic N) is 1. The summed E-state index contributed by atoms with van der Waals surface area (Å²) in [6.45, 7) is 0. The fraction of sp³-hybridized carbons (Fsp3) is 1.00. The summed E-state index contributed by atoms with van der Waals surface area (Å²) in [5, 5.41) is 42.4. The molecule has 4 N–H and O–H groups in total. The predicted octanol–water partition coefficient (Wildman–Crippen LogP) is -2.40. The Morgan fingerprint density at radius 3 is 2.00 bits per heavy atom. The van der Waals surface area contributed by atoms with Gasteiger partial charge in [0.05, 0.1) is 4.92 Å². The van der Waals surface area contributed by atoms with Crippen molar-refractivity contribution in [2.75, 3.05) is 0 Å². The van der Waals surface area contributed by atoms with Crippen molar-refractivity contribution < 1.29 is 25.3 Å². The monoisotopic (exact) mass is 153 g/mol. The lowest BCUT2D eigenvalue weighted by Gasteiger charge is -2.11. The van der Waals surface area contributed by atoms with Crippen molar-refractivity contribution >= 4 is 0 Å². The average molecular weight is 153 g/mol. The average Bonchev–Trinajstić information content (AvgIpc) is 1.60. The van der Waals surface area contributed by atoms with Crippen molar-refractivity contribution in [3.05, 3.63) is 10.1 Å². The molecular formula is C3H7NO6. The Labute approximate surface area is 55.3 Å². The maximum Gasteiger partial charge on any atom is 0.442 e. The topological polar surface area (TPSA) is 124 Å². The lowest BCUT2D eigenvalue weighted by Crippen LogP contribution is -2.41. The van der Waals surface area contributed by atoms with Crippen LogP contribution in [-0.2, 0) is 0 Å². The summed E-state index contributed by atoms with van der Waals surface area (Å²) in [4.78, 5) is 8.22. The minimum absolute atomic E-state index is 1.14. The van der Waals surface area contributed by atoms with Gasteiger partial charge in [-0.05, 0) is 0 Å². The third kappa shape index (κ3) is 2.69. The smallest absolute Gasteiger partial charge is 0.368 e. The van der Waals surface area contributed by atoms with Crippen LogP contribution in [0.2, 0.25) is 0 Å². The highest BCUT2D eigenvalue weighted by Crippen LogP contribution is 2.07. The van der Waals surface area contributed by atoms with Crippen LogP contribution in [0, 0.1) is 10.1 Å². The van der Waals surface area contributed by atoms with E-state index in [1.807, 2.05) is 0 Å². The molecule has 0 unspecified atom stereocenters. The standard InChI is InChI=1S/C3H7NO6/c5-2(6)1-3(7,8)4(9)10/h2,5-8H,1H2. The van der Waals surface area contributed by atoms with Gasteiger partial charge in [0.2, 0.25) is 0 Å². The largest absolute Gasteiger partial charge is 0.442 e. The number of hydrogen-bond donors (Lipinski definition) is 4. The summed E-state index contributed by atoms with van der Waals surface area (Å²) in [7, 11) is 0. The quantitative estimate of drug-likeness (QED) is 0.203. The number of rotatable bonds is 3. The van der Waals surface area contributed by atoms with Crippen molar-refractivity contribution in [2.24, 2.45) is 0 Å². The van der Waals surface area contributed by atoms with Crippen molar-refractivity contribution in [3.63, 3.8) is 0 Å². The minimum Gasteiger partial charge on any atom is -0.368 e. The first kappa shape index (κ1) is 9.24. The third-order valence-corrected chi connectivity index (χ3v) is 0.749. The van der Waals surface area contributed by atoms with Crippen LogP contribution in [-0.4, -0.2) is 37.6 Å². The third-order valence-electron chi connectivity index (χ3n) is 0.749. The maximum absolute atomic E-state index is 9.64. The van der Waals surface area contributed by atoms with Crippen LogP contribution in [0.4, 0.5) is 0 Å². The molecule has 0 heterocycles. The molecule has 0 spiro atoms. The van der Waals surface area contributed by atoms with E-state index in [2.05, 4.69) is 0 Å². The van der Waals surface area contributed by atoms with E-state index in [-0.39, 0.29) is 0 Å². The van der Waals surface area contributed by atoms with Gasteiger partial charge < -0.3 is 20.4 Å². The zero-order chi connectivity index (χ0) is 8.36. The van der Waals surface area contributed by atoms with Crippen LogP contribution in [0.25, 0.3) is 0 Å². The van der Waals surface area contributed by atoms with Gasteiger partial charge in [-0.25, -0.2) is 0 Å². The van der Waals surface area contributed by atoms with E-state index in [0.29, 0.717) is 0 Å². The van der Waals surface area contributed by atoms with Gasteiger partial charge in [-0.3, -0.25) is 10.1 Å². The van der Waals surface area contributed by atoms with Crippen molar-refractivity contribution in [2.45, 2.75) is 18.6 Å². The second-order valence-corrected chi connectivity index (χ2v) is 1.72. The van der Waals surface area contributed by atoms with E-state index in [1.165, 1.54) is 0 Å². The van der Waals surface area contributed by atoms with E-state index in [4.69, 9.17) is 20.4 Å². The fourth-order valence-electron chi connectivity index (χ4n) is 0.319. The molecule has 0 fully saturated rings. The molecule has 7 heteroatoms. The van der Waals surface area contributed by atoms with Gasteiger partial charge in [-0.15, -0.1) is 0 Å². The minimum atomic E-state index is -3.26. The van der Waals surface area contributed by atoms with E-state index < -0.39 is 23.5 Å². The van der Waals surface area contributed by atoms with Gasteiger partial charge in [-0.2, -0.15) is 0 Å². The highest BCUT2D eigenvalue weighted by Gasteiger charge is 2.39. The first-order chi connectivity index (χ1) is 4.36. The fourth-order valence-corrected chi connectivity index (χ4v) is 0.319. The molecule has 7 nitrogen and oxygen atoms in total. The van der Waals surface area contributed by atoms with Gasteiger partial charge in [0.25, 0.3) is 0 Å². The molecule has 0 rings (SSSR count). The van der Waals surface area contributed by atoms with Gasteiger partial charge >= 0.3 is 5.91 Å². The number of aliphatic hydroxyl groups is 4. The molecule has 0 aromatic heterocycles. The molecule has 0 aliphatic carbocycles. The maximum atomic E-state index is 9.64. The molecule has 0 saturated heterocycles. The van der Waals surface area contributed by atoms with Crippen LogP contribution in [0.1, 0.15) is 6.42 Å². The first-order valence-corrected chi connectivity index (χ1v) is 2.31. The Morgan fingerprint density at radius 2 is 1.90 bits per heavy atom. The Balaban J connectivity index is 4.00. The molecule has 0 aromatic carbocycles. The zero-order valence-corrected chi connectivity index (χ0v) is 4.84. The normalized spacial score (nSPS) is 12.1. The van der Waals surface area contributed by atoms with E-state index in [9.17, 15) is 10.1 Å². The van der Waals surface area contributed by atoms with Crippen LogP contribution in [0.5, 0.6) is 0 Å². The zero-order valence-electron chi connectivity index (χ0n) is 4.84. The van der Waals surface area contributed by atoms with Gasteiger partial charge in [0, 0.05) is 0 Å². The van der Waals surface area contributed by atoms with Crippen LogP contribution in [0.15, 0.2) is 0 Å². The molecule has 0 atom stereocenters. The van der Waals surface area contributed by atoms with E-state index in [0.717, 1.165) is 0 Å². The Hall–Kier alpha value is -0.760. The van der Waals surface area contributed by atoms with Crippen molar-refractivity contribution in [3.8, 4) is 0 Å². The molecule has 10 heavy (non-hydrogen) atoms. The molecule has 0 amide bonds. The van der Waals surface area contributed by atoms with Crippen LogP contribution < -0.4 is 0 Å². The Morgan fingerprint density at radius 1 is 1.50 bits per heavy atom. The molecule has 0 saturated carbocycles. The van der Waals surface area contributed by atoms with Crippen LogP contribution in [0.3, 0.4) is 0 Å². The summed E-state index contributed by atoms with van der Waals surface area (Å²) in [5.74, 6) is -3.26. The van der Waals surface area contributed by atoms with Crippen molar-refractivity contribution in [1.82, 2.24) is 0 Å². The van der Waals surface area contributed by atoms with Gasteiger partial charge in [-0.1, -0.05) is 0 Å². The Bertz CT molecular complexity index is 131.